The van der Waals surface area contributed by atoms with Gasteiger partial charge >= 0.3 is 7.12 Å². The standard InChI is InChI=1S/C10H15BO4/c1-7(2)15-10-5-8(11(12)13)4-9(6-10)14-3/h4-7,12-13H,1-3H3. The number of hydrogen-bond acceptors (Lipinski definition) is 4. The fraction of sp³-hybridized carbons (Fsp3) is 0.400. The van der Waals surface area contributed by atoms with Crippen molar-refractivity contribution >= 4 is 12.6 Å². The Hall–Kier alpha value is -1.20. The summed E-state index contributed by atoms with van der Waals surface area (Å²) in [4.78, 5) is 0. The SMILES string of the molecule is COc1cc(OC(C)C)cc(B(O)O)c1. The highest BCUT2D eigenvalue weighted by atomic mass is 16.5. The minimum atomic E-state index is -1.52. The van der Waals surface area contributed by atoms with E-state index in [4.69, 9.17) is 19.5 Å². The molecule has 0 aromatic heterocycles. The molecular formula is C10H15BO4. The fourth-order valence-corrected chi connectivity index (χ4v) is 1.20. The number of rotatable bonds is 4. The first-order valence-electron chi connectivity index (χ1n) is 4.74. The van der Waals surface area contributed by atoms with Gasteiger partial charge in [-0.1, -0.05) is 0 Å². The second kappa shape index (κ2) is 5.05. The second-order valence-corrected chi connectivity index (χ2v) is 3.48. The van der Waals surface area contributed by atoms with E-state index in [0.717, 1.165) is 0 Å². The van der Waals surface area contributed by atoms with E-state index in [1.54, 1.807) is 18.2 Å². The Labute approximate surface area is 89.6 Å². The first kappa shape index (κ1) is 11.9. The van der Waals surface area contributed by atoms with Crippen LogP contribution in [0, 0.1) is 0 Å². The third-order valence-electron chi connectivity index (χ3n) is 1.81. The van der Waals surface area contributed by atoms with E-state index in [-0.39, 0.29) is 6.10 Å². The zero-order chi connectivity index (χ0) is 11.4. The first-order chi connectivity index (χ1) is 7.02. The number of hydrogen-bond donors (Lipinski definition) is 2. The lowest BCUT2D eigenvalue weighted by molar-refractivity contribution is 0.241. The Morgan fingerprint density at radius 2 is 1.73 bits per heavy atom. The largest absolute Gasteiger partial charge is 0.497 e. The zero-order valence-electron chi connectivity index (χ0n) is 9.10. The molecule has 0 saturated heterocycles. The summed E-state index contributed by atoms with van der Waals surface area (Å²) >= 11 is 0. The van der Waals surface area contributed by atoms with Gasteiger partial charge in [0, 0.05) is 6.07 Å². The van der Waals surface area contributed by atoms with Gasteiger partial charge < -0.3 is 19.5 Å². The van der Waals surface area contributed by atoms with E-state index in [2.05, 4.69) is 0 Å². The fourth-order valence-electron chi connectivity index (χ4n) is 1.20. The molecule has 2 N–H and O–H groups in total. The minimum absolute atomic E-state index is 0.0285. The van der Waals surface area contributed by atoms with Crippen LogP contribution < -0.4 is 14.9 Å². The molecule has 0 radical (unpaired) electrons. The molecule has 15 heavy (non-hydrogen) atoms. The molecule has 0 bridgehead atoms. The normalized spacial score (nSPS) is 10.3. The maximum absolute atomic E-state index is 9.05. The quantitative estimate of drug-likeness (QED) is 0.695. The Morgan fingerprint density at radius 1 is 1.13 bits per heavy atom. The van der Waals surface area contributed by atoms with Crippen LogP contribution in [-0.2, 0) is 0 Å². The molecule has 0 amide bonds. The van der Waals surface area contributed by atoms with Crippen molar-refractivity contribution in [2.24, 2.45) is 0 Å². The molecule has 0 saturated carbocycles. The summed E-state index contributed by atoms with van der Waals surface area (Å²) in [5, 5.41) is 18.1. The van der Waals surface area contributed by atoms with Crippen molar-refractivity contribution < 1.29 is 19.5 Å². The molecule has 0 aliphatic carbocycles. The van der Waals surface area contributed by atoms with Gasteiger partial charge in [0.25, 0.3) is 0 Å². The summed E-state index contributed by atoms with van der Waals surface area (Å²) in [5.74, 6) is 1.10. The molecule has 5 heteroatoms. The molecule has 0 aliphatic rings. The first-order valence-corrected chi connectivity index (χ1v) is 4.74. The van der Waals surface area contributed by atoms with Crippen molar-refractivity contribution in [3.05, 3.63) is 18.2 Å². The van der Waals surface area contributed by atoms with Crippen molar-refractivity contribution in [1.29, 1.82) is 0 Å². The molecule has 0 spiro atoms. The highest BCUT2D eigenvalue weighted by molar-refractivity contribution is 6.58. The van der Waals surface area contributed by atoms with Crippen LogP contribution in [0.5, 0.6) is 11.5 Å². The number of ether oxygens (including phenoxy) is 2. The van der Waals surface area contributed by atoms with E-state index in [0.29, 0.717) is 17.0 Å². The summed E-state index contributed by atoms with van der Waals surface area (Å²) < 4.78 is 10.5. The van der Waals surface area contributed by atoms with Crippen LogP contribution in [0.1, 0.15) is 13.8 Å². The maximum atomic E-state index is 9.05. The minimum Gasteiger partial charge on any atom is -0.497 e. The van der Waals surface area contributed by atoms with Crippen LogP contribution in [0.25, 0.3) is 0 Å². The molecule has 0 fully saturated rings. The maximum Gasteiger partial charge on any atom is 0.488 e. The van der Waals surface area contributed by atoms with Gasteiger partial charge in [0.2, 0.25) is 0 Å². The Bertz CT molecular complexity index is 325. The molecule has 82 valence electrons. The lowest BCUT2D eigenvalue weighted by atomic mass is 9.80. The molecule has 0 aliphatic heterocycles. The van der Waals surface area contributed by atoms with E-state index in [9.17, 15) is 0 Å². The molecule has 0 heterocycles. The van der Waals surface area contributed by atoms with Crippen LogP contribution in [0.4, 0.5) is 0 Å². The Morgan fingerprint density at radius 3 is 2.20 bits per heavy atom. The Balaban J connectivity index is 3.00. The van der Waals surface area contributed by atoms with Gasteiger partial charge in [0.05, 0.1) is 13.2 Å². The monoisotopic (exact) mass is 210 g/mol. The van der Waals surface area contributed by atoms with Crippen LogP contribution >= 0.6 is 0 Å². The van der Waals surface area contributed by atoms with E-state index >= 15 is 0 Å². The number of benzene rings is 1. The highest BCUT2D eigenvalue weighted by Gasteiger charge is 2.14. The molecule has 1 rings (SSSR count). The van der Waals surface area contributed by atoms with Crippen molar-refractivity contribution in [2.45, 2.75) is 20.0 Å². The van der Waals surface area contributed by atoms with Crippen LogP contribution in [0.3, 0.4) is 0 Å². The third-order valence-corrected chi connectivity index (χ3v) is 1.81. The molecule has 0 atom stereocenters. The van der Waals surface area contributed by atoms with Gasteiger partial charge in [0.1, 0.15) is 11.5 Å². The summed E-state index contributed by atoms with van der Waals surface area (Å²) in [5.41, 5.74) is 0.352. The smallest absolute Gasteiger partial charge is 0.488 e. The molecular weight excluding hydrogens is 195 g/mol. The van der Waals surface area contributed by atoms with Gasteiger partial charge in [0.15, 0.2) is 0 Å². The molecule has 0 unspecified atom stereocenters. The lowest BCUT2D eigenvalue weighted by Crippen LogP contribution is -2.30. The summed E-state index contributed by atoms with van der Waals surface area (Å²) in [6, 6.07) is 4.83. The van der Waals surface area contributed by atoms with Crippen molar-refractivity contribution in [3.8, 4) is 11.5 Å². The number of methoxy groups -OCH3 is 1. The highest BCUT2D eigenvalue weighted by Crippen LogP contribution is 2.18. The second-order valence-electron chi connectivity index (χ2n) is 3.48. The van der Waals surface area contributed by atoms with E-state index < -0.39 is 7.12 Å². The van der Waals surface area contributed by atoms with Gasteiger partial charge in [-0.3, -0.25) is 0 Å². The van der Waals surface area contributed by atoms with Crippen molar-refractivity contribution in [2.75, 3.05) is 7.11 Å². The van der Waals surface area contributed by atoms with E-state index in [1.165, 1.54) is 7.11 Å². The van der Waals surface area contributed by atoms with Gasteiger partial charge in [-0.05, 0) is 31.4 Å². The van der Waals surface area contributed by atoms with Gasteiger partial charge in [-0.15, -0.1) is 0 Å². The van der Waals surface area contributed by atoms with Crippen LogP contribution in [-0.4, -0.2) is 30.4 Å². The third kappa shape index (κ3) is 3.45. The summed E-state index contributed by atoms with van der Waals surface area (Å²) in [6.07, 6.45) is 0.0285. The average molecular weight is 210 g/mol. The molecule has 1 aromatic carbocycles. The summed E-state index contributed by atoms with van der Waals surface area (Å²) in [6.45, 7) is 3.79. The predicted molar refractivity (Wildman–Crippen MR) is 58.6 cm³/mol. The van der Waals surface area contributed by atoms with Crippen LogP contribution in [0.15, 0.2) is 18.2 Å². The molecule has 4 nitrogen and oxygen atoms in total. The Kier molecular flexibility index (Phi) is 4.00. The van der Waals surface area contributed by atoms with Gasteiger partial charge in [-0.2, -0.15) is 0 Å². The van der Waals surface area contributed by atoms with Gasteiger partial charge in [-0.25, -0.2) is 0 Å². The zero-order valence-corrected chi connectivity index (χ0v) is 9.10. The predicted octanol–water partition coefficient (Wildman–Crippen LogP) is 0.162. The van der Waals surface area contributed by atoms with Crippen molar-refractivity contribution in [1.82, 2.24) is 0 Å². The summed E-state index contributed by atoms with van der Waals surface area (Å²) in [7, 11) is -0.00298. The average Bonchev–Trinajstić information content (AvgIpc) is 2.16. The lowest BCUT2D eigenvalue weighted by Gasteiger charge is -2.12. The van der Waals surface area contributed by atoms with E-state index in [1.807, 2.05) is 13.8 Å². The topological polar surface area (TPSA) is 58.9 Å². The van der Waals surface area contributed by atoms with Crippen molar-refractivity contribution in [3.63, 3.8) is 0 Å². The molecule has 1 aromatic rings. The van der Waals surface area contributed by atoms with Crippen LogP contribution in [0.2, 0.25) is 0 Å².